The maximum atomic E-state index is 11.5. The number of benzene rings is 1. The molecule has 20 heavy (non-hydrogen) atoms. The van der Waals surface area contributed by atoms with E-state index in [4.69, 9.17) is 0 Å². The number of hydrogen-bond donors (Lipinski definition) is 0. The van der Waals surface area contributed by atoms with E-state index in [0.29, 0.717) is 0 Å². The fourth-order valence-corrected chi connectivity index (χ4v) is 1.79. The smallest absolute Gasteiger partial charge is 0.265 e. The third-order valence-corrected chi connectivity index (χ3v) is 2.65. The van der Waals surface area contributed by atoms with E-state index in [0.717, 1.165) is 6.20 Å². The van der Waals surface area contributed by atoms with Crippen molar-refractivity contribution in [1.82, 2.24) is 0 Å². The zero-order valence-corrected chi connectivity index (χ0v) is 10.5. The Balaban J connectivity index is 0.00000200. The highest BCUT2D eigenvalue weighted by Crippen LogP contribution is 2.36. The number of azo groups is 1. The molecule has 1 aliphatic rings. The molecule has 9 nitrogen and oxygen atoms in total. The van der Waals surface area contributed by atoms with E-state index in [1.165, 1.54) is 24.3 Å². The number of rotatable bonds is 4. The SMILES string of the molecule is Cl.O=C1N=NC=C1C(c1ccccc1)([N+](=O)[O-])[N+](=O)[O-]. The van der Waals surface area contributed by atoms with Gasteiger partial charge < -0.3 is 0 Å². The monoisotopic (exact) mass is 298 g/mol. The largest absolute Gasteiger partial charge is 0.517 e. The topological polar surface area (TPSA) is 128 Å². The second kappa shape index (κ2) is 5.53. The molecular weight excluding hydrogens is 292 g/mol. The summed E-state index contributed by atoms with van der Waals surface area (Å²) >= 11 is 0. The van der Waals surface area contributed by atoms with Gasteiger partial charge in [0.05, 0.1) is 6.20 Å². The van der Waals surface area contributed by atoms with E-state index >= 15 is 0 Å². The minimum Gasteiger partial charge on any atom is -0.265 e. The minimum atomic E-state index is -2.89. The van der Waals surface area contributed by atoms with Gasteiger partial charge in [-0.3, -0.25) is 25.0 Å². The molecule has 0 spiro atoms. The third kappa shape index (κ3) is 2.03. The summed E-state index contributed by atoms with van der Waals surface area (Å²) in [5.74, 6) is -1.09. The van der Waals surface area contributed by atoms with Crippen molar-refractivity contribution < 1.29 is 14.6 Å². The van der Waals surface area contributed by atoms with Gasteiger partial charge in [0.15, 0.2) is 5.57 Å². The molecule has 1 aromatic rings. The Morgan fingerprint density at radius 1 is 1.05 bits per heavy atom. The highest BCUT2D eigenvalue weighted by atomic mass is 35.5. The zero-order chi connectivity index (χ0) is 14.0. The van der Waals surface area contributed by atoms with Crippen LogP contribution in [0.25, 0.3) is 0 Å². The highest BCUT2D eigenvalue weighted by Gasteiger charge is 2.65. The van der Waals surface area contributed by atoms with Gasteiger partial charge in [0, 0.05) is 0 Å². The van der Waals surface area contributed by atoms with Crippen LogP contribution in [-0.2, 0) is 10.5 Å². The van der Waals surface area contributed by atoms with Crippen LogP contribution in [0.5, 0.6) is 0 Å². The van der Waals surface area contributed by atoms with Crippen molar-refractivity contribution in [2.75, 3.05) is 0 Å². The van der Waals surface area contributed by atoms with Crippen LogP contribution in [0, 0.1) is 20.2 Å². The first kappa shape index (κ1) is 15.4. The van der Waals surface area contributed by atoms with Crippen molar-refractivity contribution in [3.63, 3.8) is 0 Å². The molecule has 0 atom stereocenters. The zero-order valence-electron chi connectivity index (χ0n) is 9.70. The fraction of sp³-hybridized carbons (Fsp3) is 0.100. The lowest BCUT2D eigenvalue weighted by molar-refractivity contribution is -0.796. The molecule has 0 aromatic heterocycles. The van der Waals surface area contributed by atoms with Gasteiger partial charge in [-0.05, 0) is 12.1 Å². The number of nitro groups is 2. The average molecular weight is 299 g/mol. The van der Waals surface area contributed by atoms with Crippen molar-refractivity contribution in [2.45, 2.75) is 5.66 Å². The van der Waals surface area contributed by atoms with Gasteiger partial charge in [-0.25, -0.2) is 0 Å². The molecule has 0 aliphatic carbocycles. The van der Waals surface area contributed by atoms with Crippen LogP contribution in [0.2, 0.25) is 0 Å². The average Bonchev–Trinajstić information content (AvgIpc) is 2.78. The Kier molecular flexibility index (Phi) is 4.25. The van der Waals surface area contributed by atoms with Gasteiger partial charge in [-0.15, -0.1) is 17.5 Å². The summed E-state index contributed by atoms with van der Waals surface area (Å²) in [6.45, 7) is 0. The van der Waals surface area contributed by atoms with Gasteiger partial charge in [0.2, 0.25) is 0 Å². The summed E-state index contributed by atoms with van der Waals surface area (Å²) in [6, 6.07) is 6.78. The standard InChI is InChI=1S/C10H6N4O5.ClH/c15-9-8(6-11-12-9)10(13(16)17,14(18)19)7-4-2-1-3-5-7;/h1-6H;1H. The van der Waals surface area contributed by atoms with E-state index in [1.807, 2.05) is 0 Å². The lowest BCUT2D eigenvalue weighted by Gasteiger charge is -2.16. The third-order valence-electron chi connectivity index (χ3n) is 2.65. The van der Waals surface area contributed by atoms with Crippen LogP contribution in [0.15, 0.2) is 52.3 Å². The van der Waals surface area contributed by atoms with E-state index < -0.39 is 27.0 Å². The van der Waals surface area contributed by atoms with Crippen molar-refractivity contribution >= 4 is 18.3 Å². The number of amides is 1. The van der Waals surface area contributed by atoms with Gasteiger partial charge in [-0.2, -0.15) is 5.11 Å². The molecule has 0 saturated heterocycles. The minimum absolute atomic E-state index is 0. The predicted molar refractivity (Wildman–Crippen MR) is 67.3 cm³/mol. The number of carbonyl (C=O) groups is 1. The molecule has 0 bridgehead atoms. The quantitative estimate of drug-likeness (QED) is 0.474. The maximum absolute atomic E-state index is 11.5. The predicted octanol–water partition coefficient (Wildman–Crippen LogP) is 1.69. The van der Waals surface area contributed by atoms with E-state index in [2.05, 4.69) is 10.2 Å². The summed E-state index contributed by atoms with van der Waals surface area (Å²) in [7, 11) is 0. The Bertz CT molecular complexity index is 614. The molecule has 10 heteroatoms. The molecule has 1 aromatic carbocycles. The van der Waals surface area contributed by atoms with Crippen molar-refractivity contribution in [3.05, 3.63) is 67.9 Å². The van der Waals surface area contributed by atoms with Crippen LogP contribution >= 0.6 is 12.4 Å². The van der Waals surface area contributed by atoms with Crippen molar-refractivity contribution in [1.29, 1.82) is 0 Å². The second-order valence-corrected chi connectivity index (χ2v) is 3.62. The molecule has 2 rings (SSSR count). The molecule has 0 saturated carbocycles. The normalized spacial score (nSPS) is 13.6. The number of hydrogen-bond acceptors (Lipinski definition) is 6. The van der Waals surface area contributed by atoms with Crippen LogP contribution in [-0.4, -0.2) is 15.8 Å². The molecule has 0 fully saturated rings. The van der Waals surface area contributed by atoms with E-state index in [9.17, 15) is 25.0 Å². The first-order valence-electron chi connectivity index (χ1n) is 5.01. The first-order chi connectivity index (χ1) is 9.01. The molecule has 0 radical (unpaired) electrons. The summed E-state index contributed by atoms with van der Waals surface area (Å²) < 4.78 is 0. The van der Waals surface area contributed by atoms with Crippen LogP contribution in [0.4, 0.5) is 0 Å². The molecule has 0 N–H and O–H groups in total. The van der Waals surface area contributed by atoms with E-state index in [1.54, 1.807) is 6.07 Å². The molecule has 1 amide bonds. The lowest BCUT2D eigenvalue weighted by atomic mass is 9.92. The van der Waals surface area contributed by atoms with Crippen LogP contribution in [0.1, 0.15) is 5.56 Å². The second-order valence-electron chi connectivity index (χ2n) is 3.62. The van der Waals surface area contributed by atoms with Gasteiger partial charge in [-0.1, -0.05) is 18.2 Å². The van der Waals surface area contributed by atoms with Gasteiger partial charge in [0.1, 0.15) is 15.4 Å². The van der Waals surface area contributed by atoms with Gasteiger partial charge in [0.25, 0.3) is 0 Å². The Hall–Kier alpha value is -2.68. The van der Waals surface area contributed by atoms with Crippen molar-refractivity contribution in [3.8, 4) is 0 Å². The summed E-state index contributed by atoms with van der Waals surface area (Å²) in [4.78, 5) is 31.8. The maximum Gasteiger partial charge on any atom is 0.517 e. The summed E-state index contributed by atoms with van der Waals surface area (Å²) in [5.41, 5.74) is -3.81. The lowest BCUT2D eigenvalue weighted by Crippen LogP contribution is -2.46. The molecule has 0 unspecified atom stereocenters. The molecule has 1 heterocycles. The van der Waals surface area contributed by atoms with Gasteiger partial charge >= 0.3 is 11.6 Å². The molecule has 104 valence electrons. The summed E-state index contributed by atoms with van der Waals surface area (Å²) in [6.07, 6.45) is 0.751. The van der Waals surface area contributed by atoms with E-state index in [-0.39, 0.29) is 18.0 Å². The van der Waals surface area contributed by atoms with Crippen LogP contribution < -0.4 is 0 Å². The number of nitrogens with zero attached hydrogens (tertiary/aromatic N) is 4. The number of halogens is 1. The molecular formula is C10H7ClN4O5. The van der Waals surface area contributed by atoms with Crippen molar-refractivity contribution in [2.24, 2.45) is 10.2 Å². The fourth-order valence-electron chi connectivity index (χ4n) is 1.79. The first-order valence-corrected chi connectivity index (χ1v) is 5.01. The van der Waals surface area contributed by atoms with Crippen LogP contribution in [0.3, 0.4) is 0 Å². The Morgan fingerprint density at radius 2 is 1.60 bits per heavy atom. The highest BCUT2D eigenvalue weighted by molar-refractivity contribution is 5.96. The Morgan fingerprint density at radius 3 is 2.00 bits per heavy atom. The Labute approximate surface area is 117 Å². The molecule has 1 aliphatic heterocycles. The number of carbonyl (C=O) groups excluding carboxylic acids is 1. The summed E-state index contributed by atoms with van der Waals surface area (Å²) in [5, 5.41) is 28.8.